The highest BCUT2D eigenvalue weighted by Gasteiger charge is 2.36. The fraction of sp³-hybridized carbons (Fsp3) is 0.357. The van der Waals surface area contributed by atoms with Crippen LogP contribution in [0.5, 0.6) is 0 Å². The van der Waals surface area contributed by atoms with Gasteiger partial charge in [0.15, 0.2) is 0 Å². The first-order chi connectivity index (χ1) is 9.32. The Morgan fingerprint density at radius 1 is 1.35 bits per heavy atom. The van der Waals surface area contributed by atoms with Crippen LogP contribution in [0.2, 0.25) is 0 Å². The molecule has 1 rings (SSSR count). The minimum atomic E-state index is -1.30. The molecule has 0 bridgehead atoms. The number of carbonyl (C=O) groups is 2. The molecule has 6 nitrogen and oxygen atoms in total. The Balaban J connectivity index is 2.88. The highest BCUT2D eigenvalue weighted by molar-refractivity contribution is 5.93. The predicted octanol–water partition coefficient (Wildman–Crippen LogP) is 2.28. The summed E-state index contributed by atoms with van der Waals surface area (Å²) in [5.41, 5.74) is -0.305. The minimum absolute atomic E-state index is 0.265. The standard InChI is InChI=1S/C14H17N3O3/c1-4-17(14(2,3)12(18)19)13(20)16-11-7-5-10(9-15)6-8-11/h5-8H,4H2,1-3H3,(H,16,20)(H,18,19). The molecule has 0 aliphatic rings. The van der Waals surface area contributed by atoms with Crippen LogP contribution in [0.3, 0.4) is 0 Å². The van der Waals surface area contributed by atoms with E-state index in [1.54, 1.807) is 31.2 Å². The fourth-order valence-electron chi connectivity index (χ4n) is 1.73. The Morgan fingerprint density at radius 3 is 2.30 bits per heavy atom. The molecule has 0 saturated carbocycles. The van der Waals surface area contributed by atoms with Gasteiger partial charge in [0.05, 0.1) is 11.6 Å². The number of urea groups is 1. The molecular formula is C14H17N3O3. The van der Waals surface area contributed by atoms with Crippen LogP contribution in [0.4, 0.5) is 10.5 Å². The number of likely N-dealkylation sites (N-methyl/N-ethyl adjacent to an activating group) is 1. The van der Waals surface area contributed by atoms with Crippen LogP contribution in [0.25, 0.3) is 0 Å². The summed E-state index contributed by atoms with van der Waals surface area (Å²) in [6, 6.07) is 7.83. The number of aliphatic carboxylic acids is 1. The Labute approximate surface area is 117 Å². The number of hydrogen-bond donors (Lipinski definition) is 2. The van der Waals surface area contributed by atoms with Crippen molar-refractivity contribution >= 4 is 17.7 Å². The molecule has 0 atom stereocenters. The smallest absolute Gasteiger partial charge is 0.329 e. The summed E-state index contributed by atoms with van der Waals surface area (Å²) in [4.78, 5) is 24.6. The first-order valence-corrected chi connectivity index (χ1v) is 6.15. The average Bonchev–Trinajstić information content (AvgIpc) is 2.39. The van der Waals surface area contributed by atoms with Gasteiger partial charge in [0.1, 0.15) is 5.54 Å². The molecule has 0 saturated heterocycles. The molecule has 0 fully saturated rings. The van der Waals surface area contributed by atoms with Crippen molar-refractivity contribution in [3.8, 4) is 6.07 Å². The highest BCUT2D eigenvalue weighted by Crippen LogP contribution is 2.17. The molecule has 0 heterocycles. The Bertz CT molecular complexity index is 544. The van der Waals surface area contributed by atoms with E-state index in [1.165, 1.54) is 18.7 Å². The number of nitrogens with zero attached hydrogens (tertiary/aromatic N) is 2. The summed E-state index contributed by atoms with van der Waals surface area (Å²) in [5, 5.41) is 20.5. The van der Waals surface area contributed by atoms with Gasteiger partial charge in [0, 0.05) is 12.2 Å². The summed E-state index contributed by atoms with van der Waals surface area (Å²) in [6.07, 6.45) is 0. The molecule has 20 heavy (non-hydrogen) atoms. The lowest BCUT2D eigenvalue weighted by atomic mass is 10.0. The van der Waals surface area contributed by atoms with Crippen LogP contribution >= 0.6 is 0 Å². The lowest BCUT2D eigenvalue weighted by Crippen LogP contribution is -2.54. The van der Waals surface area contributed by atoms with Gasteiger partial charge in [0.25, 0.3) is 0 Å². The van der Waals surface area contributed by atoms with E-state index in [-0.39, 0.29) is 6.54 Å². The van der Waals surface area contributed by atoms with Gasteiger partial charge in [-0.1, -0.05) is 0 Å². The SMILES string of the molecule is CCN(C(=O)Nc1ccc(C#N)cc1)C(C)(C)C(=O)O. The third-order valence-electron chi connectivity index (χ3n) is 3.02. The van der Waals surface area contributed by atoms with E-state index in [9.17, 15) is 9.59 Å². The second kappa shape index (κ2) is 6.06. The van der Waals surface area contributed by atoms with Crippen LogP contribution in [0.1, 0.15) is 26.3 Å². The number of benzene rings is 1. The van der Waals surface area contributed by atoms with Gasteiger partial charge in [-0.2, -0.15) is 5.26 Å². The van der Waals surface area contributed by atoms with Gasteiger partial charge in [-0.15, -0.1) is 0 Å². The van der Waals surface area contributed by atoms with E-state index in [0.717, 1.165) is 0 Å². The normalized spacial score (nSPS) is 10.5. The van der Waals surface area contributed by atoms with Crippen LogP contribution in [-0.4, -0.2) is 34.1 Å². The van der Waals surface area contributed by atoms with E-state index in [4.69, 9.17) is 10.4 Å². The Morgan fingerprint density at radius 2 is 1.90 bits per heavy atom. The molecule has 1 aromatic carbocycles. The molecule has 0 aliphatic carbocycles. The number of nitriles is 1. The molecule has 0 aliphatic heterocycles. The lowest BCUT2D eigenvalue weighted by Gasteiger charge is -2.34. The first-order valence-electron chi connectivity index (χ1n) is 6.15. The van der Waals surface area contributed by atoms with E-state index in [0.29, 0.717) is 11.3 Å². The number of amides is 2. The summed E-state index contributed by atoms with van der Waals surface area (Å²) in [6.45, 7) is 4.92. The number of carbonyl (C=O) groups excluding carboxylic acids is 1. The fourth-order valence-corrected chi connectivity index (χ4v) is 1.73. The monoisotopic (exact) mass is 275 g/mol. The van der Waals surface area contributed by atoms with Crippen LogP contribution < -0.4 is 5.32 Å². The van der Waals surface area contributed by atoms with Gasteiger partial charge in [-0.05, 0) is 45.0 Å². The van der Waals surface area contributed by atoms with E-state index >= 15 is 0 Å². The molecule has 0 aromatic heterocycles. The van der Waals surface area contributed by atoms with Crippen molar-refractivity contribution in [1.29, 1.82) is 5.26 Å². The number of hydrogen-bond acceptors (Lipinski definition) is 3. The summed E-state index contributed by atoms with van der Waals surface area (Å²) in [7, 11) is 0. The number of carboxylic acids is 1. The Kier molecular flexibility index (Phi) is 4.70. The Hall–Kier alpha value is -2.55. The molecule has 0 spiro atoms. The predicted molar refractivity (Wildman–Crippen MR) is 74.3 cm³/mol. The zero-order chi connectivity index (χ0) is 15.3. The minimum Gasteiger partial charge on any atom is -0.480 e. The second-order valence-corrected chi connectivity index (χ2v) is 4.73. The van der Waals surface area contributed by atoms with Crippen molar-refractivity contribution in [2.75, 3.05) is 11.9 Å². The average molecular weight is 275 g/mol. The zero-order valence-corrected chi connectivity index (χ0v) is 11.7. The highest BCUT2D eigenvalue weighted by atomic mass is 16.4. The number of carboxylic acid groups (broad SMARTS) is 1. The van der Waals surface area contributed by atoms with Crippen molar-refractivity contribution in [2.24, 2.45) is 0 Å². The maximum absolute atomic E-state index is 12.1. The van der Waals surface area contributed by atoms with Crippen molar-refractivity contribution in [3.63, 3.8) is 0 Å². The largest absolute Gasteiger partial charge is 0.480 e. The van der Waals surface area contributed by atoms with Gasteiger partial charge in [0.2, 0.25) is 0 Å². The van der Waals surface area contributed by atoms with Gasteiger partial charge in [-0.25, -0.2) is 9.59 Å². The zero-order valence-electron chi connectivity index (χ0n) is 11.7. The number of rotatable bonds is 4. The molecule has 2 N–H and O–H groups in total. The van der Waals surface area contributed by atoms with Crippen molar-refractivity contribution in [1.82, 2.24) is 4.90 Å². The van der Waals surface area contributed by atoms with Crippen LogP contribution in [-0.2, 0) is 4.79 Å². The molecule has 0 radical (unpaired) electrons. The van der Waals surface area contributed by atoms with E-state index in [1.807, 2.05) is 6.07 Å². The molecule has 1 aromatic rings. The van der Waals surface area contributed by atoms with Crippen molar-refractivity contribution in [2.45, 2.75) is 26.3 Å². The second-order valence-electron chi connectivity index (χ2n) is 4.73. The number of nitrogens with one attached hydrogen (secondary N) is 1. The van der Waals surface area contributed by atoms with E-state index < -0.39 is 17.5 Å². The molecule has 0 unspecified atom stereocenters. The van der Waals surface area contributed by atoms with E-state index in [2.05, 4.69) is 5.32 Å². The third-order valence-corrected chi connectivity index (χ3v) is 3.02. The summed E-state index contributed by atoms with van der Waals surface area (Å²) in [5.74, 6) is -1.07. The van der Waals surface area contributed by atoms with Crippen molar-refractivity contribution < 1.29 is 14.7 Å². The van der Waals surface area contributed by atoms with Gasteiger partial charge >= 0.3 is 12.0 Å². The van der Waals surface area contributed by atoms with Crippen molar-refractivity contribution in [3.05, 3.63) is 29.8 Å². The summed E-state index contributed by atoms with van der Waals surface area (Å²) < 4.78 is 0. The quantitative estimate of drug-likeness (QED) is 0.881. The lowest BCUT2D eigenvalue weighted by molar-refractivity contribution is -0.147. The molecule has 106 valence electrons. The maximum Gasteiger partial charge on any atom is 0.329 e. The first kappa shape index (κ1) is 15.5. The van der Waals surface area contributed by atoms with Crippen LogP contribution in [0.15, 0.2) is 24.3 Å². The summed E-state index contributed by atoms with van der Waals surface area (Å²) >= 11 is 0. The van der Waals surface area contributed by atoms with Gasteiger partial charge < -0.3 is 15.3 Å². The number of anilines is 1. The maximum atomic E-state index is 12.1. The third kappa shape index (κ3) is 3.26. The van der Waals surface area contributed by atoms with Gasteiger partial charge in [-0.3, -0.25) is 0 Å². The van der Waals surface area contributed by atoms with Crippen LogP contribution in [0, 0.1) is 11.3 Å². The molecular weight excluding hydrogens is 258 g/mol. The topological polar surface area (TPSA) is 93.4 Å². The molecule has 2 amide bonds. The molecule has 6 heteroatoms.